The molecule has 0 saturated heterocycles. The maximum atomic E-state index is 6.03. The van der Waals surface area contributed by atoms with Crippen molar-refractivity contribution in [2.45, 2.75) is 91.3 Å². The summed E-state index contributed by atoms with van der Waals surface area (Å²) >= 11 is 0. The number of ether oxygens (including phenoxy) is 3. The van der Waals surface area contributed by atoms with Gasteiger partial charge in [-0.2, -0.15) is 0 Å². The molecular weight excluding hydrogens is 302 g/mol. The fraction of sp³-hybridized carbons (Fsp3) is 1.00. The van der Waals surface area contributed by atoms with Crippen molar-refractivity contribution >= 4 is 0 Å². The minimum Gasteiger partial charge on any atom is -0.381 e. The van der Waals surface area contributed by atoms with Crippen molar-refractivity contribution < 1.29 is 14.2 Å². The van der Waals surface area contributed by atoms with Gasteiger partial charge in [0.05, 0.1) is 24.4 Å². The molecule has 0 bridgehead atoms. The first-order valence-electron chi connectivity index (χ1n) is 9.78. The molecule has 0 aliphatic heterocycles. The van der Waals surface area contributed by atoms with Crippen molar-refractivity contribution in [1.82, 2.24) is 0 Å². The lowest BCUT2D eigenvalue weighted by molar-refractivity contribution is -0.0791. The highest BCUT2D eigenvalue weighted by Crippen LogP contribution is 2.19. The van der Waals surface area contributed by atoms with Crippen molar-refractivity contribution in [2.75, 3.05) is 33.0 Å². The van der Waals surface area contributed by atoms with E-state index in [4.69, 9.17) is 19.9 Å². The fourth-order valence-corrected chi connectivity index (χ4v) is 2.45. The van der Waals surface area contributed by atoms with Gasteiger partial charge in [0.25, 0.3) is 0 Å². The van der Waals surface area contributed by atoms with Crippen LogP contribution in [0.2, 0.25) is 0 Å². The van der Waals surface area contributed by atoms with Gasteiger partial charge in [-0.1, -0.05) is 33.1 Å². The van der Waals surface area contributed by atoms with Gasteiger partial charge in [0, 0.05) is 19.8 Å². The Balaban J connectivity index is 3.74. The van der Waals surface area contributed by atoms with Crippen LogP contribution in [-0.4, -0.2) is 44.2 Å². The van der Waals surface area contributed by atoms with Crippen LogP contribution >= 0.6 is 0 Å². The van der Waals surface area contributed by atoms with Crippen molar-refractivity contribution in [1.29, 1.82) is 0 Å². The molecule has 0 rings (SSSR count). The summed E-state index contributed by atoms with van der Waals surface area (Å²) in [4.78, 5) is 0. The Labute approximate surface area is 150 Å². The molecular formula is C20H43NO3. The molecule has 0 heterocycles. The second-order valence-corrected chi connectivity index (χ2v) is 8.15. The fourth-order valence-electron chi connectivity index (χ4n) is 2.45. The Morgan fingerprint density at radius 3 is 2.00 bits per heavy atom. The quantitative estimate of drug-likeness (QED) is 0.417. The Morgan fingerprint density at radius 1 is 0.833 bits per heavy atom. The van der Waals surface area contributed by atoms with Gasteiger partial charge in [-0.3, -0.25) is 0 Å². The van der Waals surface area contributed by atoms with Gasteiger partial charge in [0.1, 0.15) is 0 Å². The summed E-state index contributed by atoms with van der Waals surface area (Å²) in [6.45, 7) is 16.5. The minimum absolute atomic E-state index is 0.155. The van der Waals surface area contributed by atoms with E-state index in [1.807, 2.05) is 0 Å². The summed E-state index contributed by atoms with van der Waals surface area (Å²) in [6, 6.07) is 0. The predicted octanol–water partition coefficient (Wildman–Crippen LogP) is 4.55. The standard InChI is InChI=1S/C20H43NO3/c1-7-8-9-18(2)10-14-22-15-11-19(3,4)23-16-12-20(5,6)24-17-13-21/h18H,7-17,21H2,1-6H3. The lowest BCUT2D eigenvalue weighted by Gasteiger charge is -2.29. The van der Waals surface area contributed by atoms with E-state index in [2.05, 4.69) is 41.5 Å². The molecule has 4 nitrogen and oxygen atoms in total. The average molecular weight is 346 g/mol. The van der Waals surface area contributed by atoms with Gasteiger partial charge in [-0.15, -0.1) is 0 Å². The molecule has 0 aromatic carbocycles. The van der Waals surface area contributed by atoms with E-state index in [0.29, 0.717) is 19.8 Å². The molecule has 0 fully saturated rings. The summed E-state index contributed by atoms with van der Waals surface area (Å²) in [5, 5.41) is 0. The molecule has 1 atom stereocenters. The summed E-state index contributed by atoms with van der Waals surface area (Å²) in [6.07, 6.45) is 6.87. The summed E-state index contributed by atoms with van der Waals surface area (Å²) in [7, 11) is 0. The molecule has 0 aliphatic carbocycles. The average Bonchev–Trinajstić information content (AvgIpc) is 2.50. The van der Waals surface area contributed by atoms with Crippen LogP contribution in [0.25, 0.3) is 0 Å². The molecule has 2 N–H and O–H groups in total. The Morgan fingerprint density at radius 2 is 1.42 bits per heavy atom. The SMILES string of the molecule is CCCCC(C)CCOCCC(C)(C)OCCC(C)(C)OCCN. The van der Waals surface area contributed by atoms with Crippen molar-refractivity contribution in [3.8, 4) is 0 Å². The first-order chi connectivity index (χ1) is 11.2. The van der Waals surface area contributed by atoms with Crippen LogP contribution in [0.1, 0.15) is 80.1 Å². The van der Waals surface area contributed by atoms with E-state index in [0.717, 1.165) is 38.4 Å². The van der Waals surface area contributed by atoms with Gasteiger partial charge in [-0.05, 0) is 52.9 Å². The molecule has 0 radical (unpaired) electrons. The zero-order chi connectivity index (χ0) is 18.5. The molecule has 0 aliphatic rings. The first-order valence-corrected chi connectivity index (χ1v) is 9.78. The van der Waals surface area contributed by atoms with Gasteiger partial charge >= 0.3 is 0 Å². The van der Waals surface area contributed by atoms with E-state index in [9.17, 15) is 0 Å². The highest BCUT2D eigenvalue weighted by molar-refractivity contribution is 4.72. The van der Waals surface area contributed by atoms with Gasteiger partial charge in [0.2, 0.25) is 0 Å². The Bertz CT molecular complexity index is 293. The second kappa shape index (κ2) is 13.1. The first kappa shape index (κ1) is 23.8. The highest BCUT2D eigenvalue weighted by atomic mass is 16.5. The minimum atomic E-state index is -0.180. The number of nitrogens with two attached hydrogens (primary N) is 1. The number of unbranched alkanes of at least 4 members (excludes halogenated alkanes) is 1. The number of hydrogen-bond donors (Lipinski definition) is 1. The zero-order valence-electron chi connectivity index (χ0n) is 17.2. The monoisotopic (exact) mass is 345 g/mol. The summed E-state index contributed by atoms with van der Waals surface area (Å²) in [5.74, 6) is 0.768. The third-order valence-electron chi connectivity index (χ3n) is 4.46. The largest absolute Gasteiger partial charge is 0.381 e. The lowest BCUT2D eigenvalue weighted by Crippen LogP contribution is -2.32. The molecule has 146 valence electrons. The number of rotatable bonds is 16. The van der Waals surface area contributed by atoms with E-state index in [-0.39, 0.29) is 11.2 Å². The molecule has 0 amide bonds. The van der Waals surface area contributed by atoms with Crippen LogP contribution < -0.4 is 5.73 Å². The Hall–Kier alpha value is -0.160. The van der Waals surface area contributed by atoms with Crippen LogP contribution in [0.3, 0.4) is 0 Å². The molecule has 0 spiro atoms. The lowest BCUT2D eigenvalue weighted by atomic mass is 10.0. The van der Waals surface area contributed by atoms with Gasteiger partial charge < -0.3 is 19.9 Å². The topological polar surface area (TPSA) is 53.7 Å². The number of hydrogen-bond acceptors (Lipinski definition) is 4. The van der Waals surface area contributed by atoms with Crippen LogP contribution in [0.4, 0.5) is 0 Å². The molecule has 0 saturated carbocycles. The molecule has 24 heavy (non-hydrogen) atoms. The van der Waals surface area contributed by atoms with Gasteiger partial charge in [-0.25, -0.2) is 0 Å². The summed E-state index contributed by atoms with van der Waals surface area (Å²) < 4.78 is 17.6. The summed E-state index contributed by atoms with van der Waals surface area (Å²) in [5.41, 5.74) is 5.15. The van der Waals surface area contributed by atoms with Crippen LogP contribution in [0.5, 0.6) is 0 Å². The maximum absolute atomic E-state index is 6.03. The predicted molar refractivity (Wildman–Crippen MR) is 102 cm³/mol. The van der Waals surface area contributed by atoms with Crippen molar-refractivity contribution in [3.05, 3.63) is 0 Å². The van der Waals surface area contributed by atoms with E-state index >= 15 is 0 Å². The van der Waals surface area contributed by atoms with Crippen LogP contribution in [-0.2, 0) is 14.2 Å². The normalized spacial score (nSPS) is 14.1. The Kier molecular flexibility index (Phi) is 13.0. The van der Waals surface area contributed by atoms with Gasteiger partial charge in [0.15, 0.2) is 0 Å². The molecule has 0 aromatic rings. The maximum Gasteiger partial charge on any atom is 0.0649 e. The smallest absolute Gasteiger partial charge is 0.0649 e. The third kappa shape index (κ3) is 14.2. The van der Waals surface area contributed by atoms with E-state index in [1.54, 1.807) is 0 Å². The molecule has 4 heteroatoms. The zero-order valence-corrected chi connectivity index (χ0v) is 17.2. The van der Waals surface area contributed by atoms with E-state index in [1.165, 1.54) is 19.3 Å². The molecule has 0 aromatic heterocycles. The van der Waals surface area contributed by atoms with Crippen LogP contribution in [0, 0.1) is 5.92 Å². The highest BCUT2D eigenvalue weighted by Gasteiger charge is 2.22. The second-order valence-electron chi connectivity index (χ2n) is 8.15. The van der Waals surface area contributed by atoms with Crippen LogP contribution in [0.15, 0.2) is 0 Å². The van der Waals surface area contributed by atoms with E-state index < -0.39 is 0 Å². The van der Waals surface area contributed by atoms with Crippen molar-refractivity contribution in [2.24, 2.45) is 11.7 Å². The van der Waals surface area contributed by atoms with Crippen molar-refractivity contribution in [3.63, 3.8) is 0 Å². The molecule has 1 unspecified atom stereocenters. The third-order valence-corrected chi connectivity index (χ3v) is 4.46.